The third-order valence-electron chi connectivity index (χ3n) is 4.99. The van der Waals surface area contributed by atoms with Gasteiger partial charge in [0.15, 0.2) is 0 Å². The SMILES string of the molecule is CC(NCc1ccc(N(C)Cc2cccs2)cc1)C1(O)CCC1. The van der Waals surface area contributed by atoms with Crippen LogP contribution in [0.4, 0.5) is 5.69 Å². The Morgan fingerprint density at radius 1 is 1.26 bits per heavy atom. The highest BCUT2D eigenvalue weighted by atomic mass is 32.1. The van der Waals surface area contributed by atoms with Gasteiger partial charge in [0, 0.05) is 30.2 Å². The summed E-state index contributed by atoms with van der Waals surface area (Å²) in [5, 5.41) is 15.9. The molecule has 1 unspecified atom stereocenters. The number of rotatable bonds is 7. The first-order valence-electron chi connectivity index (χ1n) is 8.35. The third-order valence-corrected chi connectivity index (χ3v) is 5.85. The van der Waals surface area contributed by atoms with Crippen molar-refractivity contribution < 1.29 is 5.11 Å². The van der Waals surface area contributed by atoms with Crippen molar-refractivity contribution in [3.05, 3.63) is 52.2 Å². The number of hydrogen-bond acceptors (Lipinski definition) is 4. The second kappa shape index (κ2) is 7.04. The van der Waals surface area contributed by atoms with Crippen molar-refractivity contribution in [2.24, 2.45) is 0 Å². The quantitative estimate of drug-likeness (QED) is 0.811. The lowest BCUT2D eigenvalue weighted by atomic mass is 9.75. The molecule has 3 rings (SSSR count). The summed E-state index contributed by atoms with van der Waals surface area (Å²) < 4.78 is 0. The molecule has 2 N–H and O–H groups in total. The highest BCUT2D eigenvalue weighted by Gasteiger charge is 2.39. The van der Waals surface area contributed by atoms with Gasteiger partial charge >= 0.3 is 0 Å². The van der Waals surface area contributed by atoms with Gasteiger partial charge in [-0.2, -0.15) is 0 Å². The maximum atomic E-state index is 10.3. The highest BCUT2D eigenvalue weighted by molar-refractivity contribution is 7.09. The molecule has 1 atom stereocenters. The van der Waals surface area contributed by atoms with E-state index in [0.29, 0.717) is 0 Å². The molecule has 1 aliphatic rings. The molecule has 0 amide bonds. The van der Waals surface area contributed by atoms with E-state index in [0.717, 1.165) is 32.4 Å². The molecule has 1 fully saturated rings. The molecule has 1 aliphatic carbocycles. The van der Waals surface area contributed by atoms with Crippen LogP contribution in [0.25, 0.3) is 0 Å². The average molecular weight is 330 g/mol. The van der Waals surface area contributed by atoms with Gasteiger partial charge in [-0.1, -0.05) is 18.2 Å². The van der Waals surface area contributed by atoms with Crippen molar-refractivity contribution in [2.45, 2.75) is 50.9 Å². The Kier molecular flexibility index (Phi) is 5.05. The molecule has 0 aliphatic heterocycles. The molecule has 1 aromatic heterocycles. The van der Waals surface area contributed by atoms with Crippen LogP contribution in [0.5, 0.6) is 0 Å². The summed E-state index contributed by atoms with van der Waals surface area (Å²) in [6.07, 6.45) is 3.00. The molecule has 2 aromatic rings. The standard InChI is InChI=1S/C19H26N2OS/c1-15(19(22)10-4-11-19)20-13-16-6-8-17(9-7-16)21(2)14-18-5-3-12-23-18/h3,5-9,12,15,20,22H,4,10-11,13-14H2,1-2H3. The van der Waals surface area contributed by atoms with Crippen LogP contribution in [-0.4, -0.2) is 23.8 Å². The van der Waals surface area contributed by atoms with Gasteiger partial charge in [-0.15, -0.1) is 11.3 Å². The summed E-state index contributed by atoms with van der Waals surface area (Å²) in [6.45, 7) is 3.83. The first-order valence-corrected chi connectivity index (χ1v) is 9.23. The predicted octanol–water partition coefficient (Wildman–Crippen LogP) is 3.78. The van der Waals surface area contributed by atoms with Crippen LogP contribution in [-0.2, 0) is 13.1 Å². The summed E-state index contributed by atoms with van der Waals surface area (Å²) in [5.41, 5.74) is 2.00. The zero-order valence-electron chi connectivity index (χ0n) is 14.0. The lowest BCUT2D eigenvalue weighted by Gasteiger charge is -2.42. The Balaban J connectivity index is 1.52. The third kappa shape index (κ3) is 3.94. The molecule has 0 bridgehead atoms. The van der Waals surface area contributed by atoms with E-state index in [4.69, 9.17) is 0 Å². The van der Waals surface area contributed by atoms with Gasteiger partial charge in [0.2, 0.25) is 0 Å². The minimum Gasteiger partial charge on any atom is -0.388 e. The Morgan fingerprint density at radius 2 is 2.00 bits per heavy atom. The Hall–Kier alpha value is -1.36. The maximum absolute atomic E-state index is 10.3. The number of hydrogen-bond donors (Lipinski definition) is 2. The fourth-order valence-corrected chi connectivity index (χ4v) is 3.79. The number of nitrogens with one attached hydrogen (secondary N) is 1. The number of anilines is 1. The zero-order chi connectivity index (χ0) is 16.3. The second-order valence-electron chi connectivity index (χ2n) is 6.66. The van der Waals surface area contributed by atoms with E-state index in [9.17, 15) is 5.11 Å². The van der Waals surface area contributed by atoms with Gasteiger partial charge in [0.25, 0.3) is 0 Å². The normalized spacial score (nSPS) is 17.5. The van der Waals surface area contributed by atoms with Gasteiger partial charge in [-0.05, 0) is 55.3 Å². The monoisotopic (exact) mass is 330 g/mol. The molecule has 0 spiro atoms. The molecule has 0 radical (unpaired) electrons. The fraction of sp³-hybridized carbons (Fsp3) is 0.474. The van der Waals surface area contributed by atoms with Gasteiger partial charge in [0.1, 0.15) is 0 Å². The topological polar surface area (TPSA) is 35.5 Å². The lowest BCUT2D eigenvalue weighted by molar-refractivity contribution is -0.0603. The molecule has 1 heterocycles. The second-order valence-corrected chi connectivity index (χ2v) is 7.69. The van der Waals surface area contributed by atoms with Crippen molar-refractivity contribution >= 4 is 17.0 Å². The number of benzene rings is 1. The van der Waals surface area contributed by atoms with Crippen LogP contribution in [0, 0.1) is 0 Å². The molecular weight excluding hydrogens is 304 g/mol. The van der Waals surface area contributed by atoms with Gasteiger partial charge < -0.3 is 15.3 Å². The number of thiophene rings is 1. The van der Waals surface area contributed by atoms with Crippen LogP contribution < -0.4 is 10.2 Å². The molecular formula is C19H26N2OS. The molecule has 23 heavy (non-hydrogen) atoms. The summed E-state index contributed by atoms with van der Waals surface area (Å²) >= 11 is 1.79. The summed E-state index contributed by atoms with van der Waals surface area (Å²) in [7, 11) is 2.13. The van der Waals surface area contributed by atoms with Crippen LogP contribution in [0.15, 0.2) is 41.8 Å². The van der Waals surface area contributed by atoms with E-state index < -0.39 is 5.60 Å². The minimum atomic E-state index is -0.485. The molecule has 124 valence electrons. The minimum absolute atomic E-state index is 0.150. The molecule has 1 saturated carbocycles. The van der Waals surface area contributed by atoms with Crippen LogP contribution in [0.2, 0.25) is 0 Å². The van der Waals surface area contributed by atoms with Crippen molar-refractivity contribution in [2.75, 3.05) is 11.9 Å². The summed E-state index contributed by atoms with van der Waals surface area (Å²) in [5.74, 6) is 0. The van der Waals surface area contributed by atoms with Crippen LogP contribution >= 0.6 is 11.3 Å². The van der Waals surface area contributed by atoms with Crippen LogP contribution in [0.1, 0.15) is 36.6 Å². The van der Waals surface area contributed by atoms with E-state index >= 15 is 0 Å². The van der Waals surface area contributed by atoms with E-state index in [1.807, 2.05) is 0 Å². The smallest absolute Gasteiger partial charge is 0.0797 e. The fourth-order valence-electron chi connectivity index (χ4n) is 3.03. The van der Waals surface area contributed by atoms with Crippen molar-refractivity contribution in [3.8, 4) is 0 Å². The van der Waals surface area contributed by atoms with Crippen molar-refractivity contribution in [3.63, 3.8) is 0 Å². The van der Waals surface area contributed by atoms with Gasteiger partial charge in [0.05, 0.1) is 12.1 Å². The average Bonchev–Trinajstić information content (AvgIpc) is 3.03. The van der Waals surface area contributed by atoms with E-state index in [2.05, 4.69) is 66.0 Å². The van der Waals surface area contributed by atoms with E-state index in [1.165, 1.54) is 16.1 Å². The summed E-state index contributed by atoms with van der Waals surface area (Å²) in [4.78, 5) is 3.64. The lowest BCUT2D eigenvalue weighted by Crippen LogP contribution is -2.53. The molecule has 3 nitrogen and oxygen atoms in total. The first-order chi connectivity index (χ1) is 11.1. The van der Waals surface area contributed by atoms with Gasteiger partial charge in [-0.25, -0.2) is 0 Å². The Morgan fingerprint density at radius 3 is 2.57 bits per heavy atom. The first kappa shape index (κ1) is 16.5. The maximum Gasteiger partial charge on any atom is 0.0797 e. The number of aliphatic hydroxyl groups is 1. The number of nitrogens with zero attached hydrogens (tertiary/aromatic N) is 1. The highest BCUT2D eigenvalue weighted by Crippen LogP contribution is 2.34. The summed E-state index contributed by atoms with van der Waals surface area (Å²) in [6, 6.07) is 13.1. The van der Waals surface area contributed by atoms with Gasteiger partial charge in [-0.3, -0.25) is 0 Å². The van der Waals surface area contributed by atoms with Crippen molar-refractivity contribution in [1.29, 1.82) is 0 Å². The largest absolute Gasteiger partial charge is 0.388 e. The van der Waals surface area contributed by atoms with Crippen molar-refractivity contribution in [1.82, 2.24) is 5.32 Å². The van der Waals surface area contributed by atoms with E-state index in [-0.39, 0.29) is 6.04 Å². The van der Waals surface area contributed by atoms with E-state index in [1.54, 1.807) is 11.3 Å². The Labute approximate surface area is 143 Å². The molecule has 0 saturated heterocycles. The van der Waals surface area contributed by atoms with Crippen LogP contribution in [0.3, 0.4) is 0 Å². The zero-order valence-corrected chi connectivity index (χ0v) is 14.8. The predicted molar refractivity (Wildman–Crippen MR) is 98.0 cm³/mol. The molecule has 1 aromatic carbocycles. The molecule has 4 heteroatoms. The Bertz CT molecular complexity index is 605.